The minimum Gasteiger partial charge on any atom is -0.465 e. The van der Waals surface area contributed by atoms with Crippen LogP contribution in [0, 0.1) is 12.3 Å². The highest BCUT2D eigenvalue weighted by atomic mass is 19.3. The fourth-order valence-corrected chi connectivity index (χ4v) is 5.50. The molecule has 3 fully saturated rings. The number of rotatable bonds is 7. The second-order valence-electron chi connectivity index (χ2n) is 10.2. The third-order valence-electron chi connectivity index (χ3n) is 7.18. The Labute approximate surface area is 196 Å². The number of anilines is 1. The quantitative estimate of drug-likeness (QED) is 0.584. The number of nitrogens with zero attached hydrogens (tertiary/aromatic N) is 5. The maximum absolute atomic E-state index is 14.1. The fraction of sp³-hybridized carbons (Fsp3) is 0.727. The van der Waals surface area contributed by atoms with Gasteiger partial charge in [-0.3, -0.25) is 4.90 Å². The lowest BCUT2D eigenvalue weighted by Crippen LogP contribution is -2.62. The third-order valence-corrected chi connectivity index (χ3v) is 7.18. The summed E-state index contributed by atoms with van der Waals surface area (Å²) in [5.74, 6) is -3.20. The minimum atomic E-state index is -2.83. The molecule has 1 aliphatic carbocycles. The van der Waals surface area contributed by atoms with Crippen molar-refractivity contribution in [3.8, 4) is 6.01 Å². The van der Waals surface area contributed by atoms with E-state index in [0.717, 1.165) is 0 Å². The minimum absolute atomic E-state index is 0.0980. The molecule has 1 aromatic heterocycles. The first-order valence-electron chi connectivity index (χ1n) is 11.2. The van der Waals surface area contributed by atoms with Gasteiger partial charge in [-0.1, -0.05) is 0 Å². The normalized spacial score (nSPS) is 29.4. The zero-order valence-electron chi connectivity index (χ0n) is 20.1. The Bertz CT molecular complexity index is 1010. The van der Waals surface area contributed by atoms with Crippen molar-refractivity contribution in [2.75, 3.05) is 52.3 Å². The van der Waals surface area contributed by atoms with Gasteiger partial charge in [-0.05, 0) is 40.8 Å². The van der Waals surface area contributed by atoms with E-state index in [2.05, 4.69) is 9.97 Å². The number of hydrogen-bond donors (Lipinski definition) is 1. The molecule has 188 valence electrons. The molecule has 2 aliphatic heterocycles. The van der Waals surface area contributed by atoms with E-state index in [-0.39, 0.29) is 43.0 Å². The van der Waals surface area contributed by atoms with Crippen LogP contribution >= 0.6 is 0 Å². The lowest BCUT2D eigenvalue weighted by Gasteiger charge is -2.46. The first-order chi connectivity index (χ1) is 15.8. The van der Waals surface area contributed by atoms with Gasteiger partial charge in [-0.15, -0.1) is 0 Å². The number of aromatic nitrogens is 2. The molecule has 10 nitrogen and oxygen atoms in total. The number of carbonyl (C=O) groups excluding carboxylic acids is 1. The van der Waals surface area contributed by atoms with Crippen LogP contribution in [0.25, 0.3) is 0 Å². The molecule has 1 amide bonds. The van der Waals surface area contributed by atoms with E-state index in [9.17, 15) is 23.5 Å². The molecule has 2 bridgehead atoms. The number of piperazine rings is 1. The molecular weight excluding hydrogens is 452 g/mol. The summed E-state index contributed by atoms with van der Waals surface area (Å²) in [6, 6.07) is -0.353. The summed E-state index contributed by atoms with van der Waals surface area (Å²) < 4.78 is 38.9. The predicted octanol–water partition coefficient (Wildman–Crippen LogP) is 2.26. The van der Waals surface area contributed by atoms with E-state index in [4.69, 9.17) is 9.47 Å². The van der Waals surface area contributed by atoms with Crippen LogP contribution in [-0.4, -0.2) is 102 Å². The highest BCUT2D eigenvalue weighted by molar-refractivity contribution is 5.96. The van der Waals surface area contributed by atoms with Crippen LogP contribution in [0.3, 0.4) is 0 Å². The maximum Gasteiger partial charge on any atom is 0.408 e. The zero-order valence-corrected chi connectivity index (χ0v) is 20.1. The Balaban J connectivity index is 1.65. The molecule has 1 N–H and O–H groups in total. The number of alkyl halides is 2. The van der Waals surface area contributed by atoms with Crippen LogP contribution in [0.15, 0.2) is 0 Å². The first kappa shape index (κ1) is 24.4. The number of fused-ring (bicyclic) bond motifs is 2. The van der Waals surface area contributed by atoms with E-state index in [1.54, 1.807) is 25.9 Å². The largest absolute Gasteiger partial charge is 0.465 e. The van der Waals surface area contributed by atoms with Gasteiger partial charge in [0.25, 0.3) is 5.92 Å². The molecular formula is C22H31F2N5O5. The van der Waals surface area contributed by atoms with Crippen LogP contribution in [0.1, 0.15) is 42.2 Å². The SMILES string of the molecule is COC(=O)c1c(C)nc(OC[C@]2(CN(C)C)CC2(F)F)nc1N1CC2CCC(C)(C1)N2C(=O)O. The number of halogens is 2. The predicted molar refractivity (Wildman–Crippen MR) is 118 cm³/mol. The Morgan fingerprint density at radius 1 is 1.29 bits per heavy atom. The molecule has 12 heteroatoms. The third kappa shape index (κ3) is 4.01. The molecule has 3 aliphatic rings. The van der Waals surface area contributed by atoms with E-state index in [1.165, 1.54) is 12.0 Å². The van der Waals surface area contributed by atoms with Gasteiger partial charge in [0.2, 0.25) is 0 Å². The summed E-state index contributed by atoms with van der Waals surface area (Å²) in [4.78, 5) is 38.1. The second-order valence-corrected chi connectivity index (χ2v) is 10.2. The highest BCUT2D eigenvalue weighted by Crippen LogP contribution is 2.60. The zero-order chi connectivity index (χ0) is 25.1. The number of hydrogen-bond acceptors (Lipinski definition) is 8. The second kappa shape index (κ2) is 8.17. The highest BCUT2D eigenvalue weighted by Gasteiger charge is 2.71. The van der Waals surface area contributed by atoms with Gasteiger partial charge in [0.1, 0.15) is 12.2 Å². The molecule has 3 heterocycles. The molecule has 0 spiro atoms. The van der Waals surface area contributed by atoms with Crippen molar-refractivity contribution in [2.45, 2.75) is 50.6 Å². The lowest BCUT2D eigenvalue weighted by atomic mass is 9.97. The summed E-state index contributed by atoms with van der Waals surface area (Å²) in [5, 5.41) is 9.69. The van der Waals surface area contributed by atoms with Crippen LogP contribution in [0.5, 0.6) is 6.01 Å². The average molecular weight is 484 g/mol. The standard InChI is InChI=1S/C22H31F2N5O5/c1-13-15(17(30)33-5)16(28-8-14-6-7-20(2,10-28)29(14)19(31)32)26-18(25-13)34-12-21(11-27(3)4)9-22(21,23)24/h14H,6-12H2,1-5H3,(H,31,32)/t14?,20?,21-/m1/s1. The summed E-state index contributed by atoms with van der Waals surface area (Å²) >= 11 is 0. The molecule has 34 heavy (non-hydrogen) atoms. The van der Waals surface area contributed by atoms with Crippen LogP contribution in [0.4, 0.5) is 19.4 Å². The maximum atomic E-state index is 14.1. The Morgan fingerprint density at radius 2 is 1.97 bits per heavy atom. The number of methoxy groups -OCH3 is 1. The van der Waals surface area contributed by atoms with Gasteiger partial charge < -0.3 is 24.4 Å². The summed E-state index contributed by atoms with van der Waals surface area (Å²) in [6.07, 6.45) is 0.130. The average Bonchev–Trinajstić information content (AvgIpc) is 3.18. The smallest absolute Gasteiger partial charge is 0.408 e. The van der Waals surface area contributed by atoms with Crippen molar-refractivity contribution in [1.29, 1.82) is 0 Å². The van der Waals surface area contributed by atoms with Crippen molar-refractivity contribution in [3.05, 3.63) is 11.3 Å². The van der Waals surface area contributed by atoms with Crippen molar-refractivity contribution in [3.63, 3.8) is 0 Å². The first-order valence-corrected chi connectivity index (χ1v) is 11.2. The van der Waals surface area contributed by atoms with E-state index >= 15 is 0 Å². The fourth-order valence-electron chi connectivity index (χ4n) is 5.50. The number of ether oxygens (including phenoxy) is 2. The molecule has 2 unspecified atom stereocenters. The van der Waals surface area contributed by atoms with Crippen LogP contribution in [0.2, 0.25) is 0 Å². The van der Waals surface area contributed by atoms with E-state index in [1.807, 2.05) is 11.8 Å². The summed E-state index contributed by atoms with van der Waals surface area (Å²) in [6.45, 7) is 4.03. The number of aryl methyl sites for hydroxylation is 1. The van der Waals surface area contributed by atoms with E-state index in [0.29, 0.717) is 31.6 Å². The van der Waals surface area contributed by atoms with Crippen molar-refractivity contribution < 1.29 is 33.0 Å². The number of amides is 1. The van der Waals surface area contributed by atoms with Crippen LogP contribution in [-0.2, 0) is 4.74 Å². The van der Waals surface area contributed by atoms with E-state index < -0.39 is 28.9 Å². The van der Waals surface area contributed by atoms with Gasteiger partial charge in [0, 0.05) is 26.1 Å². The molecule has 3 atom stereocenters. The topological polar surface area (TPSA) is 108 Å². The van der Waals surface area contributed by atoms with Gasteiger partial charge in [-0.2, -0.15) is 9.97 Å². The van der Waals surface area contributed by atoms with Crippen molar-refractivity contribution in [2.24, 2.45) is 5.41 Å². The molecule has 1 aromatic rings. The van der Waals surface area contributed by atoms with Crippen molar-refractivity contribution in [1.82, 2.24) is 19.8 Å². The molecule has 4 rings (SSSR count). The lowest BCUT2D eigenvalue weighted by molar-refractivity contribution is 0.0287. The van der Waals surface area contributed by atoms with Gasteiger partial charge in [-0.25, -0.2) is 18.4 Å². The molecule has 0 aromatic carbocycles. The van der Waals surface area contributed by atoms with Gasteiger partial charge >= 0.3 is 18.1 Å². The summed E-state index contributed by atoms with van der Waals surface area (Å²) in [5.41, 5.74) is -1.50. The van der Waals surface area contributed by atoms with Crippen LogP contribution < -0.4 is 9.64 Å². The Morgan fingerprint density at radius 3 is 2.50 bits per heavy atom. The van der Waals surface area contributed by atoms with Gasteiger partial charge in [0.05, 0.1) is 29.8 Å². The Hall–Kier alpha value is -2.76. The number of carboxylic acid groups (broad SMARTS) is 1. The van der Waals surface area contributed by atoms with Crippen molar-refractivity contribution >= 4 is 17.9 Å². The molecule has 1 saturated carbocycles. The molecule has 2 saturated heterocycles. The monoisotopic (exact) mass is 483 g/mol. The Kier molecular flexibility index (Phi) is 5.86. The van der Waals surface area contributed by atoms with Gasteiger partial charge in [0.15, 0.2) is 5.82 Å². The molecule has 0 radical (unpaired) electrons. The summed E-state index contributed by atoms with van der Waals surface area (Å²) in [7, 11) is 4.71. The number of carbonyl (C=O) groups is 2. The number of esters is 1.